The van der Waals surface area contributed by atoms with Gasteiger partial charge < -0.3 is 25.6 Å². The zero-order chi connectivity index (χ0) is 27.1. The average molecular weight is 513 g/mol. The van der Waals surface area contributed by atoms with E-state index in [9.17, 15) is 14.4 Å². The highest BCUT2D eigenvalue weighted by Gasteiger charge is 2.29. The van der Waals surface area contributed by atoms with E-state index in [4.69, 9.17) is 0 Å². The van der Waals surface area contributed by atoms with E-state index in [2.05, 4.69) is 37.7 Å². The molecule has 0 radical (unpaired) electrons. The maximum atomic E-state index is 13.2. The van der Waals surface area contributed by atoms with Crippen molar-refractivity contribution in [2.75, 3.05) is 38.4 Å². The zero-order valence-electron chi connectivity index (χ0n) is 21.8. The van der Waals surface area contributed by atoms with Crippen molar-refractivity contribution in [1.82, 2.24) is 10.2 Å². The molecule has 1 aliphatic rings. The van der Waals surface area contributed by atoms with Crippen molar-refractivity contribution in [2.24, 2.45) is 0 Å². The fourth-order valence-electron chi connectivity index (χ4n) is 4.28. The molecule has 0 fully saturated rings. The maximum Gasteiger partial charge on any atom is 0.305 e. The van der Waals surface area contributed by atoms with Crippen molar-refractivity contribution >= 4 is 40.4 Å². The van der Waals surface area contributed by atoms with Crippen LogP contribution in [0.4, 0.5) is 11.4 Å². The van der Waals surface area contributed by atoms with E-state index in [0.29, 0.717) is 41.1 Å². The molecule has 38 heavy (non-hydrogen) atoms. The second kappa shape index (κ2) is 12.2. The van der Waals surface area contributed by atoms with Crippen LogP contribution in [0.5, 0.6) is 0 Å². The van der Waals surface area contributed by atoms with Crippen LogP contribution in [0.25, 0.3) is 11.3 Å². The van der Waals surface area contributed by atoms with Crippen molar-refractivity contribution in [1.29, 1.82) is 0 Å². The Hall–Kier alpha value is -4.43. The predicted molar refractivity (Wildman–Crippen MR) is 149 cm³/mol. The number of carbonyl (C=O) groups excluding carboxylic acids is 3. The standard InChI is InChI=1S/C30H32N4O4/c1-34(2)19-20-11-14-23(15-12-20)32-28(21-8-5-4-6-9-21)27-24-18-22(13-16-25(24)33-30(27)37)29(36)31-17-7-10-26(35)38-3/h4-6,8-9,11-16,18,32H,7,10,17,19H2,1-3H3,(H,31,36)(H,33,37). The first-order valence-electron chi connectivity index (χ1n) is 12.5. The van der Waals surface area contributed by atoms with Gasteiger partial charge in [-0.3, -0.25) is 14.4 Å². The van der Waals surface area contributed by atoms with Gasteiger partial charge >= 0.3 is 5.97 Å². The minimum atomic E-state index is -0.315. The smallest absolute Gasteiger partial charge is 0.305 e. The monoisotopic (exact) mass is 512 g/mol. The molecule has 0 aliphatic carbocycles. The molecule has 0 saturated carbocycles. The topological polar surface area (TPSA) is 99.8 Å². The minimum absolute atomic E-state index is 0.231. The molecule has 1 aliphatic heterocycles. The number of esters is 1. The van der Waals surface area contributed by atoms with Gasteiger partial charge in [0.1, 0.15) is 0 Å². The molecular formula is C30H32N4O4. The Balaban J connectivity index is 1.65. The summed E-state index contributed by atoms with van der Waals surface area (Å²) in [5.74, 6) is -0.835. The first-order chi connectivity index (χ1) is 18.4. The Morgan fingerprint density at radius 1 is 0.947 bits per heavy atom. The van der Waals surface area contributed by atoms with Gasteiger partial charge in [-0.1, -0.05) is 42.5 Å². The van der Waals surface area contributed by atoms with Crippen LogP contribution in [0.2, 0.25) is 0 Å². The molecule has 3 aromatic carbocycles. The number of nitrogens with one attached hydrogen (secondary N) is 3. The first-order valence-corrected chi connectivity index (χ1v) is 12.5. The van der Waals surface area contributed by atoms with Gasteiger partial charge in [0.15, 0.2) is 0 Å². The lowest BCUT2D eigenvalue weighted by atomic mass is 9.98. The molecule has 3 aromatic rings. The Bertz CT molecular complexity index is 1350. The van der Waals surface area contributed by atoms with E-state index >= 15 is 0 Å². The predicted octanol–water partition coefficient (Wildman–Crippen LogP) is 4.36. The third-order valence-corrected chi connectivity index (χ3v) is 6.13. The Labute approximate surface area is 222 Å². The number of amides is 2. The third kappa shape index (κ3) is 6.46. The number of methoxy groups -OCH3 is 1. The van der Waals surface area contributed by atoms with Crippen LogP contribution >= 0.6 is 0 Å². The second-order valence-corrected chi connectivity index (χ2v) is 9.33. The van der Waals surface area contributed by atoms with E-state index in [1.165, 1.54) is 12.7 Å². The molecule has 0 atom stereocenters. The number of nitrogens with zero attached hydrogens (tertiary/aromatic N) is 1. The fraction of sp³-hybridized carbons (Fsp3) is 0.233. The summed E-state index contributed by atoms with van der Waals surface area (Å²) in [5.41, 5.74) is 5.70. The Morgan fingerprint density at radius 3 is 2.37 bits per heavy atom. The lowest BCUT2D eigenvalue weighted by molar-refractivity contribution is -0.140. The van der Waals surface area contributed by atoms with Crippen LogP contribution in [0.1, 0.15) is 39.9 Å². The third-order valence-electron chi connectivity index (χ3n) is 6.13. The van der Waals surface area contributed by atoms with Gasteiger partial charge in [0.2, 0.25) is 0 Å². The van der Waals surface area contributed by atoms with Crippen LogP contribution in [0, 0.1) is 0 Å². The van der Waals surface area contributed by atoms with E-state index in [1.807, 2.05) is 56.6 Å². The minimum Gasteiger partial charge on any atom is -0.469 e. The molecule has 8 heteroatoms. The molecule has 196 valence electrons. The molecule has 3 N–H and O–H groups in total. The number of fused-ring (bicyclic) bond motifs is 1. The van der Waals surface area contributed by atoms with Crippen LogP contribution in [0.15, 0.2) is 72.8 Å². The summed E-state index contributed by atoms with van der Waals surface area (Å²) in [4.78, 5) is 39.5. The number of ether oxygens (including phenoxy) is 1. The van der Waals surface area contributed by atoms with E-state index in [-0.39, 0.29) is 24.2 Å². The van der Waals surface area contributed by atoms with Crippen LogP contribution in [0.3, 0.4) is 0 Å². The SMILES string of the molecule is COC(=O)CCCNC(=O)c1ccc2c(c1)C(=C(Nc1ccc(CN(C)C)cc1)c1ccccc1)C(=O)N2. The highest BCUT2D eigenvalue weighted by Crippen LogP contribution is 2.38. The number of benzene rings is 3. The number of anilines is 2. The van der Waals surface area contributed by atoms with Gasteiger partial charge in [-0.05, 0) is 62.0 Å². The van der Waals surface area contributed by atoms with E-state index in [0.717, 1.165) is 17.8 Å². The van der Waals surface area contributed by atoms with Gasteiger partial charge in [-0.2, -0.15) is 0 Å². The largest absolute Gasteiger partial charge is 0.469 e. The molecule has 0 bridgehead atoms. The van der Waals surface area contributed by atoms with Crippen molar-refractivity contribution in [3.8, 4) is 0 Å². The summed E-state index contributed by atoms with van der Waals surface area (Å²) in [6.45, 7) is 1.17. The number of carbonyl (C=O) groups is 3. The molecule has 0 aromatic heterocycles. The van der Waals surface area contributed by atoms with Crippen LogP contribution in [-0.2, 0) is 20.9 Å². The van der Waals surface area contributed by atoms with Gasteiger partial charge in [-0.15, -0.1) is 0 Å². The number of hydrogen-bond acceptors (Lipinski definition) is 6. The molecule has 1 heterocycles. The van der Waals surface area contributed by atoms with Crippen LogP contribution in [-0.4, -0.2) is 50.4 Å². The quantitative estimate of drug-likeness (QED) is 0.212. The lowest BCUT2D eigenvalue weighted by Crippen LogP contribution is -2.25. The summed E-state index contributed by atoms with van der Waals surface area (Å²) in [5, 5.41) is 9.21. The Morgan fingerprint density at radius 2 is 1.68 bits per heavy atom. The zero-order valence-corrected chi connectivity index (χ0v) is 21.8. The highest BCUT2D eigenvalue weighted by molar-refractivity contribution is 6.37. The van der Waals surface area contributed by atoms with Gasteiger partial charge in [-0.25, -0.2) is 0 Å². The second-order valence-electron chi connectivity index (χ2n) is 9.33. The molecule has 0 spiro atoms. The molecular weight excluding hydrogens is 480 g/mol. The van der Waals surface area contributed by atoms with Gasteiger partial charge in [0.05, 0.1) is 18.4 Å². The highest BCUT2D eigenvalue weighted by atomic mass is 16.5. The van der Waals surface area contributed by atoms with Crippen LogP contribution < -0.4 is 16.0 Å². The molecule has 4 rings (SSSR count). The summed E-state index contributed by atoms with van der Waals surface area (Å²) in [7, 11) is 5.39. The van der Waals surface area contributed by atoms with E-state index in [1.54, 1.807) is 18.2 Å². The van der Waals surface area contributed by atoms with Gasteiger partial charge in [0.25, 0.3) is 11.8 Å². The van der Waals surface area contributed by atoms with Crippen molar-refractivity contribution in [3.05, 3.63) is 95.1 Å². The maximum absolute atomic E-state index is 13.2. The van der Waals surface area contributed by atoms with Crippen molar-refractivity contribution < 1.29 is 19.1 Å². The van der Waals surface area contributed by atoms with E-state index < -0.39 is 0 Å². The van der Waals surface area contributed by atoms with Crippen molar-refractivity contribution in [3.63, 3.8) is 0 Å². The molecule has 0 saturated heterocycles. The van der Waals surface area contributed by atoms with Gasteiger partial charge in [0, 0.05) is 42.0 Å². The lowest BCUT2D eigenvalue weighted by Gasteiger charge is -2.16. The average Bonchev–Trinajstić information content (AvgIpc) is 3.25. The number of hydrogen-bond donors (Lipinski definition) is 3. The summed E-state index contributed by atoms with van der Waals surface area (Å²) in [6, 6.07) is 22.9. The molecule has 0 unspecified atom stereocenters. The van der Waals surface area contributed by atoms with Crippen molar-refractivity contribution in [2.45, 2.75) is 19.4 Å². The Kier molecular flexibility index (Phi) is 8.55. The number of rotatable bonds is 10. The molecule has 2 amide bonds. The summed E-state index contributed by atoms with van der Waals surface area (Å²) >= 11 is 0. The first kappa shape index (κ1) is 26.6. The molecule has 8 nitrogen and oxygen atoms in total. The normalized spacial score (nSPS) is 13.5. The summed E-state index contributed by atoms with van der Waals surface area (Å²) < 4.78 is 4.63. The fourth-order valence-corrected chi connectivity index (χ4v) is 4.28. The summed E-state index contributed by atoms with van der Waals surface area (Å²) in [6.07, 6.45) is 0.707.